The van der Waals surface area contributed by atoms with Crippen LogP contribution < -0.4 is 4.74 Å². The highest BCUT2D eigenvalue weighted by Gasteiger charge is 2.32. The van der Waals surface area contributed by atoms with Crippen LogP contribution in [0.1, 0.15) is 101 Å². The maximum Gasteiger partial charge on any atom is 0.314 e. The second-order valence-electron chi connectivity index (χ2n) is 9.46. The van der Waals surface area contributed by atoms with Gasteiger partial charge in [-0.1, -0.05) is 77.6 Å². The topological polar surface area (TPSA) is 46.5 Å². The van der Waals surface area contributed by atoms with Crippen molar-refractivity contribution in [1.82, 2.24) is 0 Å². The van der Waals surface area contributed by atoms with E-state index < -0.39 is 0 Å². The highest BCUT2D eigenvalue weighted by molar-refractivity contribution is 5.75. The average molecular weight is 437 g/mol. The largest absolute Gasteiger partial charge is 0.508 e. The lowest BCUT2D eigenvalue weighted by molar-refractivity contribution is -0.138. The number of aromatic hydroxyl groups is 1. The first-order chi connectivity index (χ1) is 15.5. The zero-order valence-corrected chi connectivity index (χ0v) is 20.3. The van der Waals surface area contributed by atoms with E-state index in [0.29, 0.717) is 17.4 Å². The van der Waals surface area contributed by atoms with Gasteiger partial charge in [0.25, 0.3) is 0 Å². The van der Waals surface area contributed by atoms with Crippen LogP contribution in [0.2, 0.25) is 0 Å². The number of phenolic OH excluding ortho intramolecular Hbond substituents is 1. The molecule has 2 atom stereocenters. The molecule has 3 heteroatoms. The summed E-state index contributed by atoms with van der Waals surface area (Å²) >= 11 is 0. The van der Waals surface area contributed by atoms with E-state index >= 15 is 0 Å². The molecule has 2 aromatic rings. The third-order valence-corrected chi connectivity index (χ3v) is 7.11. The molecule has 174 valence electrons. The number of esters is 1. The van der Waals surface area contributed by atoms with Gasteiger partial charge in [0.05, 0.1) is 5.92 Å². The van der Waals surface area contributed by atoms with Crippen LogP contribution in [0.4, 0.5) is 0 Å². The zero-order chi connectivity index (χ0) is 23.1. The molecule has 1 saturated carbocycles. The SMILES string of the molecule is CCCC(C)C(=O)Oc1ccc(CC)cc1C(c1cc(CC)ccc1O)C1CCCCC1. The van der Waals surface area contributed by atoms with E-state index in [9.17, 15) is 9.90 Å². The molecule has 1 fully saturated rings. The van der Waals surface area contributed by atoms with Gasteiger partial charge in [-0.2, -0.15) is 0 Å². The average Bonchev–Trinajstić information content (AvgIpc) is 2.82. The number of phenols is 1. The lowest BCUT2D eigenvalue weighted by atomic mass is 9.72. The number of rotatable bonds is 9. The molecule has 1 aliphatic rings. The van der Waals surface area contributed by atoms with Gasteiger partial charge in [-0.3, -0.25) is 4.79 Å². The van der Waals surface area contributed by atoms with Crippen molar-refractivity contribution in [3.8, 4) is 11.5 Å². The van der Waals surface area contributed by atoms with Crippen molar-refractivity contribution in [2.45, 2.75) is 91.4 Å². The Balaban J connectivity index is 2.11. The number of hydrogen-bond donors (Lipinski definition) is 1. The highest BCUT2D eigenvalue weighted by Crippen LogP contribution is 2.46. The molecule has 2 aromatic carbocycles. The monoisotopic (exact) mass is 436 g/mol. The number of ether oxygens (including phenoxy) is 1. The number of carbonyl (C=O) groups excluding carboxylic acids is 1. The van der Waals surface area contributed by atoms with Crippen molar-refractivity contribution < 1.29 is 14.6 Å². The van der Waals surface area contributed by atoms with E-state index in [4.69, 9.17) is 4.74 Å². The van der Waals surface area contributed by atoms with Gasteiger partial charge in [-0.25, -0.2) is 0 Å². The van der Waals surface area contributed by atoms with Gasteiger partial charge in [-0.05, 0) is 61.3 Å². The molecule has 0 aliphatic heterocycles. The smallest absolute Gasteiger partial charge is 0.314 e. The minimum Gasteiger partial charge on any atom is -0.508 e. The van der Waals surface area contributed by atoms with Crippen molar-refractivity contribution >= 4 is 5.97 Å². The maximum absolute atomic E-state index is 12.8. The number of hydrogen-bond acceptors (Lipinski definition) is 3. The molecule has 32 heavy (non-hydrogen) atoms. The third-order valence-electron chi connectivity index (χ3n) is 7.11. The summed E-state index contributed by atoms with van der Waals surface area (Å²) in [5.41, 5.74) is 4.48. The Hall–Kier alpha value is -2.29. The highest BCUT2D eigenvalue weighted by atomic mass is 16.5. The first kappa shape index (κ1) is 24.4. The second kappa shape index (κ2) is 11.5. The van der Waals surface area contributed by atoms with Gasteiger partial charge >= 0.3 is 5.97 Å². The molecule has 0 spiro atoms. The lowest BCUT2D eigenvalue weighted by Gasteiger charge is -2.33. The fraction of sp³-hybridized carbons (Fsp3) is 0.552. The molecule has 3 nitrogen and oxygen atoms in total. The van der Waals surface area contributed by atoms with E-state index in [0.717, 1.165) is 49.7 Å². The Morgan fingerprint density at radius 1 is 0.969 bits per heavy atom. The van der Waals surface area contributed by atoms with Crippen LogP contribution in [0.5, 0.6) is 11.5 Å². The fourth-order valence-corrected chi connectivity index (χ4v) is 5.13. The molecule has 0 aromatic heterocycles. The zero-order valence-electron chi connectivity index (χ0n) is 20.3. The third kappa shape index (κ3) is 5.74. The Labute approximate surface area is 194 Å². The minimum absolute atomic E-state index is 0.0255. The van der Waals surface area contributed by atoms with Crippen LogP contribution in [0, 0.1) is 11.8 Å². The summed E-state index contributed by atoms with van der Waals surface area (Å²) < 4.78 is 6.03. The molecular weight excluding hydrogens is 396 g/mol. The standard InChI is InChI=1S/C29H40O3/c1-5-11-20(4)29(31)32-27-17-15-22(7-3)19-25(27)28(23-12-9-8-10-13-23)24-18-21(6-2)14-16-26(24)30/h14-20,23,28,30H,5-13H2,1-4H3. The van der Waals surface area contributed by atoms with Crippen molar-refractivity contribution in [2.75, 3.05) is 0 Å². The van der Waals surface area contributed by atoms with Gasteiger partial charge in [0.15, 0.2) is 0 Å². The first-order valence-corrected chi connectivity index (χ1v) is 12.6. The molecule has 0 saturated heterocycles. The van der Waals surface area contributed by atoms with Crippen molar-refractivity contribution in [3.05, 3.63) is 58.7 Å². The minimum atomic E-state index is -0.161. The molecule has 1 N–H and O–H groups in total. The quantitative estimate of drug-likeness (QED) is 0.326. The van der Waals surface area contributed by atoms with E-state index in [2.05, 4.69) is 39.0 Å². The number of aryl methyl sites for hydroxylation is 2. The summed E-state index contributed by atoms with van der Waals surface area (Å²) in [7, 11) is 0. The van der Waals surface area contributed by atoms with Crippen LogP contribution in [-0.2, 0) is 17.6 Å². The Kier molecular flexibility index (Phi) is 8.78. The van der Waals surface area contributed by atoms with E-state index in [1.807, 2.05) is 25.1 Å². The molecular formula is C29H40O3. The van der Waals surface area contributed by atoms with Crippen molar-refractivity contribution in [1.29, 1.82) is 0 Å². The predicted molar refractivity (Wildman–Crippen MR) is 131 cm³/mol. The summed E-state index contributed by atoms with van der Waals surface area (Å²) in [4.78, 5) is 12.8. The van der Waals surface area contributed by atoms with Crippen LogP contribution >= 0.6 is 0 Å². The molecule has 0 heterocycles. The van der Waals surface area contributed by atoms with Gasteiger partial charge in [0, 0.05) is 17.0 Å². The predicted octanol–water partition coefficient (Wildman–Crippen LogP) is 7.57. The van der Waals surface area contributed by atoms with Crippen LogP contribution in [0.15, 0.2) is 36.4 Å². The normalized spacial score (nSPS) is 16.5. The fourth-order valence-electron chi connectivity index (χ4n) is 5.13. The lowest BCUT2D eigenvalue weighted by Crippen LogP contribution is -2.22. The number of benzene rings is 2. The van der Waals surface area contributed by atoms with Crippen LogP contribution in [0.25, 0.3) is 0 Å². The van der Waals surface area contributed by atoms with Gasteiger partial charge in [-0.15, -0.1) is 0 Å². The summed E-state index contributed by atoms with van der Waals surface area (Å²) in [6, 6.07) is 12.3. The van der Waals surface area contributed by atoms with Gasteiger partial charge < -0.3 is 9.84 Å². The second-order valence-corrected chi connectivity index (χ2v) is 9.46. The molecule has 0 amide bonds. The van der Waals surface area contributed by atoms with Crippen molar-refractivity contribution in [3.63, 3.8) is 0 Å². The van der Waals surface area contributed by atoms with Crippen LogP contribution in [0.3, 0.4) is 0 Å². The van der Waals surface area contributed by atoms with Gasteiger partial charge in [0.1, 0.15) is 11.5 Å². The number of carbonyl (C=O) groups is 1. The summed E-state index contributed by atoms with van der Waals surface area (Å²) in [6.45, 7) is 8.33. The van der Waals surface area contributed by atoms with Crippen molar-refractivity contribution in [2.24, 2.45) is 11.8 Å². The Morgan fingerprint density at radius 3 is 2.22 bits per heavy atom. The van der Waals surface area contributed by atoms with Crippen LogP contribution in [-0.4, -0.2) is 11.1 Å². The van der Waals surface area contributed by atoms with E-state index in [1.165, 1.54) is 30.4 Å². The summed E-state index contributed by atoms with van der Waals surface area (Å²) in [5.74, 6) is 1.18. The maximum atomic E-state index is 12.8. The molecule has 2 unspecified atom stereocenters. The Bertz CT molecular complexity index is 895. The molecule has 3 rings (SSSR count). The van der Waals surface area contributed by atoms with E-state index in [-0.39, 0.29) is 17.8 Å². The first-order valence-electron chi connectivity index (χ1n) is 12.6. The summed E-state index contributed by atoms with van der Waals surface area (Å²) in [5, 5.41) is 10.9. The Morgan fingerprint density at radius 2 is 1.59 bits per heavy atom. The molecule has 0 radical (unpaired) electrons. The molecule has 1 aliphatic carbocycles. The molecule has 0 bridgehead atoms. The summed E-state index contributed by atoms with van der Waals surface area (Å²) in [6.07, 6.45) is 9.61. The van der Waals surface area contributed by atoms with E-state index in [1.54, 1.807) is 0 Å². The van der Waals surface area contributed by atoms with Gasteiger partial charge in [0.2, 0.25) is 0 Å².